The molecule has 4 heterocycles. The Balaban J connectivity index is 1.41. The molecule has 1 aliphatic carbocycles. The first-order valence-electron chi connectivity index (χ1n) is 15.3. The van der Waals surface area contributed by atoms with Gasteiger partial charge in [-0.3, -0.25) is 9.88 Å². The molecular formula is C34H41N7O4. The van der Waals surface area contributed by atoms with Crippen molar-refractivity contribution >= 4 is 23.8 Å². The fourth-order valence-electron chi connectivity index (χ4n) is 5.04. The van der Waals surface area contributed by atoms with Gasteiger partial charge in [0.25, 0.3) is 0 Å². The third-order valence-corrected chi connectivity index (χ3v) is 7.31. The molecule has 3 aromatic rings. The molecule has 45 heavy (non-hydrogen) atoms. The second-order valence-electron chi connectivity index (χ2n) is 13.5. The molecule has 1 saturated heterocycles. The molecule has 5 rings (SSSR count). The van der Waals surface area contributed by atoms with Crippen molar-refractivity contribution in [2.45, 2.75) is 78.0 Å². The summed E-state index contributed by atoms with van der Waals surface area (Å²) in [5.41, 5.74) is 2.64. The third-order valence-electron chi connectivity index (χ3n) is 7.31. The fraction of sp³-hybridized carbons (Fsp3) is 0.471. The lowest BCUT2D eigenvalue weighted by atomic mass is 10.1. The summed E-state index contributed by atoms with van der Waals surface area (Å²) in [4.78, 5) is 45.4. The zero-order valence-electron chi connectivity index (χ0n) is 26.9. The minimum atomic E-state index is -0.752. The number of pyridine rings is 3. The maximum Gasteiger partial charge on any atom is 0.421 e. The van der Waals surface area contributed by atoms with Gasteiger partial charge in [-0.25, -0.2) is 24.5 Å². The normalized spacial score (nSPS) is 15.7. The number of nitrogens with zero attached hydrogens (tertiary/aromatic N) is 7. The van der Waals surface area contributed by atoms with Crippen LogP contribution in [-0.2, 0) is 16.0 Å². The molecule has 2 amide bonds. The first-order chi connectivity index (χ1) is 21.3. The molecule has 2 fully saturated rings. The lowest BCUT2D eigenvalue weighted by molar-refractivity contribution is 0.0138. The molecule has 0 bridgehead atoms. The van der Waals surface area contributed by atoms with E-state index in [1.165, 1.54) is 11.1 Å². The van der Waals surface area contributed by atoms with Crippen molar-refractivity contribution < 1.29 is 19.1 Å². The highest BCUT2D eigenvalue weighted by atomic mass is 16.6. The lowest BCUT2D eigenvalue weighted by Crippen LogP contribution is -2.49. The summed E-state index contributed by atoms with van der Waals surface area (Å²) in [6, 6.07) is 13.2. The topological polar surface area (TPSA) is 125 Å². The molecule has 0 spiro atoms. The van der Waals surface area contributed by atoms with Crippen LogP contribution in [0.25, 0.3) is 11.3 Å². The summed E-state index contributed by atoms with van der Waals surface area (Å²) in [6.45, 7) is 14.2. The number of piperazine rings is 1. The molecule has 1 saturated carbocycles. The third kappa shape index (κ3) is 8.54. The number of carbonyl (C=O) groups is 2. The van der Waals surface area contributed by atoms with Gasteiger partial charge < -0.3 is 14.4 Å². The number of hydrogen-bond donors (Lipinski definition) is 0. The second kappa shape index (κ2) is 12.8. The Hall–Kier alpha value is -4.56. The molecule has 0 unspecified atom stereocenters. The number of hydrogen-bond acceptors (Lipinski definition) is 9. The minimum Gasteiger partial charge on any atom is -0.444 e. The summed E-state index contributed by atoms with van der Waals surface area (Å²) in [7, 11) is 0. The van der Waals surface area contributed by atoms with Gasteiger partial charge in [0.1, 0.15) is 22.8 Å². The van der Waals surface area contributed by atoms with Gasteiger partial charge in [-0.2, -0.15) is 5.26 Å². The smallest absolute Gasteiger partial charge is 0.421 e. The van der Waals surface area contributed by atoms with Crippen LogP contribution in [0.15, 0.2) is 48.8 Å². The van der Waals surface area contributed by atoms with Gasteiger partial charge in [0, 0.05) is 50.7 Å². The number of nitriles is 1. The van der Waals surface area contributed by atoms with Gasteiger partial charge in [-0.05, 0) is 102 Å². The Kier molecular flexibility index (Phi) is 9.07. The van der Waals surface area contributed by atoms with Crippen molar-refractivity contribution in [1.82, 2.24) is 24.8 Å². The van der Waals surface area contributed by atoms with Gasteiger partial charge in [0.05, 0.1) is 23.0 Å². The zero-order valence-corrected chi connectivity index (χ0v) is 26.9. The van der Waals surface area contributed by atoms with Gasteiger partial charge in [0.2, 0.25) is 0 Å². The predicted octanol–water partition coefficient (Wildman–Crippen LogP) is 6.41. The summed E-state index contributed by atoms with van der Waals surface area (Å²) >= 11 is 0. The van der Waals surface area contributed by atoms with Gasteiger partial charge >= 0.3 is 12.2 Å². The zero-order chi connectivity index (χ0) is 32.4. The van der Waals surface area contributed by atoms with Crippen LogP contribution in [0.4, 0.5) is 21.2 Å². The van der Waals surface area contributed by atoms with Crippen LogP contribution >= 0.6 is 0 Å². The quantitative estimate of drug-likeness (QED) is 0.311. The first-order valence-corrected chi connectivity index (χ1v) is 15.3. The maximum absolute atomic E-state index is 13.6. The van der Waals surface area contributed by atoms with Crippen molar-refractivity contribution in [2.75, 3.05) is 31.1 Å². The number of amides is 2. The highest BCUT2D eigenvalue weighted by Crippen LogP contribution is 2.43. The van der Waals surface area contributed by atoms with E-state index in [1.54, 1.807) is 44.0 Å². The van der Waals surface area contributed by atoms with E-state index >= 15 is 0 Å². The van der Waals surface area contributed by atoms with Crippen LogP contribution in [0.5, 0.6) is 0 Å². The standard InChI is InChI=1S/C34H41N7O4/c1-33(2,3)44-31(42)40-15-13-39(14-16-40)22-27-18-25(10-12-36-27)28-19-26(24-7-8-24)20-30(38-28)41(32(43)45-34(4,5)6)29-17-23(21-35)9-11-37-29/h9-12,17-20,24H,7-8,13-16,22H2,1-6H3. The van der Waals surface area contributed by atoms with E-state index in [2.05, 4.69) is 27.0 Å². The Morgan fingerprint density at radius 2 is 1.60 bits per heavy atom. The van der Waals surface area contributed by atoms with Crippen molar-refractivity contribution in [3.8, 4) is 17.3 Å². The molecule has 1 aliphatic heterocycles. The van der Waals surface area contributed by atoms with Crippen molar-refractivity contribution in [3.05, 3.63) is 65.6 Å². The van der Waals surface area contributed by atoms with Gasteiger partial charge in [-0.15, -0.1) is 0 Å². The number of ether oxygens (including phenoxy) is 2. The van der Waals surface area contributed by atoms with E-state index in [0.717, 1.165) is 29.7 Å². The molecule has 11 nitrogen and oxygen atoms in total. The molecule has 2 aliphatic rings. The number of carbonyl (C=O) groups excluding carboxylic acids is 2. The van der Waals surface area contributed by atoms with Gasteiger partial charge in [-0.1, -0.05) is 0 Å². The minimum absolute atomic E-state index is 0.260. The Bertz CT molecular complexity index is 1590. The Labute approximate surface area is 264 Å². The van der Waals surface area contributed by atoms with E-state index in [9.17, 15) is 14.9 Å². The molecule has 0 aromatic carbocycles. The molecule has 0 atom stereocenters. The SMILES string of the molecule is CC(C)(C)OC(=O)N1CCN(Cc2cc(-c3cc(C4CC4)cc(N(C(=O)OC(C)(C)C)c4cc(C#N)ccn4)n3)ccn2)CC1. The largest absolute Gasteiger partial charge is 0.444 e. The second-order valence-corrected chi connectivity index (χ2v) is 13.5. The van der Waals surface area contributed by atoms with Crippen LogP contribution < -0.4 is 4.90 Å². The van der Waals surface area contributed by atoms with E-state index in [0.29, 0.717) is 55.7 Å². The van der Waals surface area contributed by atoms with Crippen molar-refractivity contribution in [1.29, 1.82) is 5.26 Å². The summed E-state index contributed by atoms with van der Waals surface area (Å²) < 4.78 is 11.3. The number of anilines is 2. The van der Waals surface area contributed by atoms with E-state index in [4.69, 9.17) is 14.5 Å². The van der Waals surface area contributed by atoms with E-state index in [1.807, 2.05) is 39.0 Å². The molecule has 0 radical (unpaired) electrons. The summed E-state index contributed by atoms with van der Waals surface area (Å²) in [5.74, 6) is 1.02. The van der Waals surface area contributed by atoms with Crippen LogP contribution in [0.1, 0.15) is 77.1 Å². The average molecular weight is 612 g/mol. The molecule has 3 aromatic heterocycles. The van der Waals surface area contributed by atoms with Crippen LogP contribution in [-0.4, -0.2) is 74.3 Å². The molecular weight excluding hydrogens is 570 g/mol. The fourth-order valence-corrected chi connectivity index (χ4v) is 5.04. The first kappa shape index (κ1) is 31.9. The highest BCUT2D eigenvalue weighted by molar-refractivity contribution is 5.94. The van der Waals surface area contributed by atoms with Crippen LogP contribution in [0.3, 0.4) is 0 Å². The van der Waals surface area contributed by atoms with Crippen molar-refractivity contribution in [3.63, 3.8) is 0 Å². The van der Waals surface area contributed by atoms with Crippen LogP contribution in [0, 0.1) is 11.3 Å². The summed E-state index contributed by atoms with van der Waals surface area (Å²) in [5, 5.41) is 9.52. The number of aromatic nitrogens is 3. The monoisotopic (exact) mass is 611 g/mol. The van der Waals surface area contributed by atoms with Crippen LogP contribution in [0.2, 0.25) is 0 Å². The average Bonchev–Trinajstić information content (AvgIpc) is 3.82. The van der Waals surface area contributed by atoms with E-state index in [-0.39, 0.29) is 11.9 Å². The predicted molar refractivity (Wildman–Crippen MR) is 170 cm³/mol. The Morgan fingerprint density at radius 3 is 2.24 bits per heavy atom. The molecule has 236 valence electrons. The number of rotatable bonds is 6. The van der Waals surface area contributed by atoms with E-state index < -0.39 is 17.3 Å². The molecule has 0 N–H and O–H groups in total. The highest BCUT2D eigenvalue weighted by Gasteiger charge is 2.31. The Morgan fingerprint density at radius 1 is 0.911 bits per heavy atom. The lowest BCUT2D eigenvalue weighted by Gasteiger charge is -2.35. The summed E-state index contributed by atoms with van der Waals surface area (Å²) in [6.07, 6.45) is 4.49. The maximum atomic E-state index is 13.6. The van der Waals surface area contributed by atoms with Gasteiger partial charge in [0.15, 0.2) is 0 Å². The van der Waals surface area contributed by atoms with Crippen molar-refractivity contribution in [2.24, 2.45) is 0 Å². The molecule has 11 heteroatoms.